The van der Waals surface area contributed by atoms with Crippen LogP contribution in [0.3, 0.4) is 0 Å². The number of pyridine rings is 1. The summed E-state index contributed by atoms with van der Waals surface area (Å²) in [6.45, 7) is 4.99. The fraction of sp³-hybridized carbons (Fsp3) is 0.382. The zero-order valence-electron chi connectivity index (χ0n) is 26.2. The Bertz CT molecular complexity index is 2100. The monoisotopic (exact) mass is 675 g/mol. The second-order valence-corrected chi connectivity index (χ2v) is 12.6. The summed E-state index contributed by atoms with van der Waals surface area (Å²) in [5.74, 6) is -1.50. The number of aromatic nitrogens is 5. The van der Waals surface area contributed by atoms with Crippen LogP contribution in [0.1, 0.15) is 60.5 Å². The van der Waals surface area contributed by atoms with Gasteiger partial charge in [-0.25, -0.2) is 14.4 Å². The van der Waals surface area contributed by atoms with Gasteiger partial charge in [0.05, 0.1) is 36.4 Å². The molecule has 3 aliphatic rings. The maximum absolute atomic E-state index is 15.0. The summed E-state index contributed by atoms with van der Waals surface area (Å²) in [6.07, 6.45) is -0.726. The predicted molar refractivity (Wildman–Crippen MR) is 164 cm³/mol. The summed E-state index contributed by atoms with van der Waals surface area (Å²) in [5.41, 5.74) is 2.80. The molecule has 0 N–H and O–H groups in total. The molecule has 3 aromatic heterocycles. The van der Waals surface area contributed by atoms with Crippen LogP contribution in [-0.2, 0) is 29.8 Å². The lowest BCUT2D eigenvalue weighted by Gasteiger charge is -2.33. The van der Waals surface area contributed by atoms with E-state index in [1.54, 1.807) is 19.1 Å². The van der Waals surface area contributed by atoms with Gasteiger partial charge in [0.25, 0.3) is 5.79 Å². The van der Waals surface area contributed by atoms with Gasteiger partial charge in [-0.1, -0.05) is 17.3 Å². The summed E-state index contributed by atoms with van der Waals surface area (Å²) in [4.78, 5) is 15.2. The van der Waals surface area contributed by atoms with Crippen molar-refractivity contribution in [1.82, 2.24) is 29.6 Å². The highest BCUT2D eigenvalue weighted by molar-refractivity contribution is 5.77. The number of alkyl halides is 3. The molecule has 0 spiro atoms. The van der Waals surface area contributed by atoms with E-state index in [1.807, 2.05) is 28.8 Å². The topological polar surface area (TPSA) is 124 Å². The van der Waals surface area contributed by atoms with Crippen molar-refractivity contribution in [2.24, 2.45) is 0 Å². The number of fused-ring (bicyclic) bond motifs is 2. The molecular formula is C34H29F4N7O4. The molecule has 0 saturated carbocycles. The molecule has 2 saturated heterocycles. The van der Waals surface area contributed by atoms with Crippen molar-refractivity contribution in [3.63, 3.8) is 0 Å². The molecule has 3 aliphatic heterocycles. The SMILES string of the molecule is CC1(c2ccc(C#N)cc2F)Oc2cccc(C3CCN(Cc4nc5cc(-c6noc(C(F)(F)F)n6)cnc5n4CC4CCO4)CC3)c2O1. The Balaban J connectivity index is 0.996. The van der Waals surface area contributed by atoms with Gasteiger partial charge >= 0.3 is 12.1 Å². The van der Waals surface area contributed by atoms with E-state index >= 15 is 0 Å². The van der Waals surface area contributed by atoms with E-state index in [0.29, 0.717) is 42.4 Å². The third kappa shape index (κ3) is 5.74. The Labute approximate surface area is 277 Å². The molecule has 2 unspecified atom stereocenters. The Morgan fingerprint density at radius 1 is 1.06 bits per heavy atom. The smallest absolute Gasteiger partial charge is 0.444 e. The number of piperidine rings is 1. The molecule has 252 valence electrons. The van der Waals surface area contributed by atoms with E-state index < -0.39 is 23.7 Å². The van der Waals surface area contributed by atoms with Crippen molar-refractivity contribution >= 4 is 11.2 Å². The van der Waals surface area contributed by atoms with Crippen molar-refractivity contribution in [3.05, 3.63) is 82.9 Å². The number of para-hydroxylation sites is 1. The lowest BCUT2D eigenvalue weighted by atomic mass is 9.88. The van der Waals surface area contributed by atoms with Gasteiger partial charge in [0.1, 0.15) is 17.2 Å². The number of hydrogen-bond donors (Lipinski definition) is 0. The summed E-state index contributed by atoms with van der Waals surface area (Å²) < 4.78 is 78.7. The quantitative estimate of drug-likeness (QED) is 0.181. The predicted octanol–water partition coefficient (Wildman–Crippen LogP) is 6.32. The van der Waals surface area contributed by atoms with Crippen LogP contribution in [-0.4, -0.2) is 55.4 Å². The van der Waals surface area contributed by atoms with Crippen molar-refractivity contribution in [1.29, 1.82) is 5.26 Å². The van der Waals surface area contributed by atoms with Crippen molar-refractivity contribution < 1.29 is 36.3 Å². The number of benzene rings is 2. The van der Waals surface area contributed by atoms with Gasteiger partial charge in [0.15, 0.2) is 17.1 Å². The lowest BCUT2D eigenvalue weighted by molar-refractivity contribution is -0.159. The summed E-state index contributed by atoms with van der Waals surface area (Å²) in [7, 11) is 0. The fourth-order valence-corrected chi connectivity index (χ4v) is 6.71. The fourth-order valence-electron chi connectivity index (χ4n) is 6.71. The first-order chi connectivity index (χ1) is 23.6. The number of rotatable bonds is 7. The maximum atomic E-state index is 15.0. The van der Waals surface area contributed by atoms with Crippen molar-refractivity contribution in [2.75, 3.05) is 19.7 Å². The molecular weight excluding hydrogens is 646 g/mol. The Kier molecular flexibility index (Phi) is 7.53. The molecule has 0 radical (unpaired) electrons. The third-order valence-corrected chi connectivity index (χ3v) is 9.36. The van der Waals surface area contributed by atoms with Crippen LogP contribution in [0, 0.1) is 17.1 Å². The molecule has 2 fully saturated rings. The third-order valence-electron chi connectivity index (χ3n) is 9.36. The largest absolute Gasteiger partial charge is 0.471 e. The molecule has 0 bridgehead atoms. The number of nitrogens with zero attached hydrogens (tertiary/aromatic N) is 7. The normalized spacial score (nSPS) is 21.2. The molecule has 8 rings (SSSR count). The molecule has 0 aliphatic carbocycles. The molecule has 0 amide bonds. The van der Waals surface area contributed by atoms with E-state index in [2.05, 4.69) is 24.5 Å². The van der Waals surface area contributed by atoms with Crippen LogP contribution in [0.25, 0.3) is 22.6 Å². The minimum absolute atomic E-state index is 0.0285. The van der Waals surface area contributed by atoms with Crippen molar-refractivity contribution in [2.45, 2.75) is 63.3 Å². The summed E-state index contributed by atoms with van der Waals surface area (Å²) in [6, 6.07) is 13.5. The first-order valence-corrected chi connectivity index (χ1v) is 15.9. The average molecular weight is 676 g/mol. The van der Waals surface area contributed by atoms with Gasteiger partial charge < -0.3 is 23.3 Å². The highest BCUT2D eigenvalue weighted by atomic mass is 19.4. The van der Waals surface area contributed by atoms with Crippen LogP contribution in [0.15, 0.2) is 53.2 Å². The Morgan fingerprint density at radius 2 is 1.88 bits per heavy atom. The van der Waals surface area contributed by atoms with E-state index in [-0.39, 0.29) is 34.5 Å². The molecule has 49 heavy (non-hydrogen) atoms. The highest BCUT2D eigenvalue weighted by Crippen LogP contribution is 2.49. The Hall–Kier alpha value is -5.07. The highest BCUT2D eigenvalue weighted by Gasteiger charge is 2.43. The molecule has 5 aromatic rings. The van der Waals surface area contributed by atoms with Crippen LogP contribution < -0.4 is 9.47 Å². The second-order valence-electron chi connectivity index (χ2n) is 12.6. The molecule has 2 aromatic carbocycles. The molecule has 2 atom stereocenters. The van der Waals surface area contributed by atoms with E-state index in [1.165, 1.54) is 18.3 Å². The van der Waals surface area contributed by atoms with Gasteiger partial charge in [-0.15, -0.1) is 0 Å². The number of nitriles is 1. The minimum atomic E-state index is -4.75. The number of likely N-dealkylation sites (tertiary alicyclic amines) is 1. The van der Waals surface area contributed by atoms with Gasteiger partial charge in [-0.2, -0.15) is 23.4 Å². The zero-order valence-corrected chi connectivity index (χ0v) is 26.2. The van der Waals surface area contributed by atoms with E-state index in [4.69, 9.17) is 24.5 Å². The number of halogens is 4. The standard InChI is InChI=1S/C34H29F4N7O4/c1-33(24-6-5-19(15-39)13-25(24)35)47-27-4-2-3-23(29(27)48-33)20-7-10-44(11-8-20)18-28-41-26-14-21(30-42-32(49-43-30)34(36,37)38)16-40-31(26)45(28)17-22-9-12-46-22/h2-6,13-14,16,20,22H,7-12,17-18H2,1H3. The Morgan fingerprint density at radius 3 is 2.57 bits per heavy atom. The first kappa shape index (κ1) is 31.2. The van der Waals surface area contributed by atoms with Gasteiger partial charge in [0.2, 0.25) is 5.82 Å². The molecule has 15 heteroatoms. The van der Waals surface area contributed by atoms with Gasteiger partial charge in [0, 0.05) is 30.9 Å². The van der Waals surface area contributed by atoms with E-state index in [0.717, 1.165) is 43.7 Å². The zero-order chi connectivity index (χ0) is 33.9. The number of imidazole rings is 1. The van der Waals surface area contributed by atoms with Crippen molar-refractivity contribution in [3.8, 4) is 29.0 Å². The molecule has 6 heterocycles. The van der Waals surface area contributed by atoms with E-state index in [9.17, 15) is 17.6 Å². The number of ether oxygens (including phenoxy) is 3. The van der Waals surface area contributed by atoms with Crippen LogP contribution in [0.2, 0.25) is 0 Å². The van der Waals surface area contributed by atoms with Crippen LogP contribution in [0.4, 0.5) is 17.6 Å². The molecule has 11 nitrogen and oxygen atoms in total. The number of hydrogen-bond acceptors (Lipinski definition) is 10. The summed E-state index contributed by atoms with van der Waals surface area (Å²) >= 11 is 0. The van der Waals surface area contributed by atoms with Crippen LogP contribution >= 0.6 is 0 Å². The average Bonchev–Trinajstić information content (AvgIpc) is 3.78. The van der Waals surface area contributed by atoms with Gasteiger partial charge in [-0.05, 0) is 68.6 Å². The lowest BCUT2D eigenvalue weighted by Crippen LogP contribution is -2.35. The first-order valence-electron chi connectivity index (χ1n) is 15.9. The maximum Gasteiger partial charge on any atom is 0.471 e. The second kappa shape index (κ2) is 11.8. The minimum Gasteiger partial charge on any atom is -0.444 e. The summed E-state index contributed by atoms with van der Waals surface area (Å²) in [5, 5.41) is 12.6. The van der Waals surface area contributed by atoms with Crippen LogP contribution in [0.5, 0.6) is 11.5 Å². The van der Waals surface area contributed by atoms with Gasteiger partial charge in [-0.3, -0.25) is 4.90 Å².